The average Bonchev–Trinajstić information content (AvgIpc) is 2.86. The maximum Gasteiger partial charge on any atom is 0.457 e. The molecule has 0 atom stereocenters. The molecular formula is C27H29BN4O4S. The van der Waals surface area contributed by atoms with Crippen LogP contribution < -0.4 is 25.8 Å². The standard InChI is InChI=1S/C27H29BN4O4S/c1-17-20(12-9-13-23(17)36-5)25(34)32(27(2,3)4)30-24(33)18-14-15-21-22(16-18)29-26(37)31(28(21)35)19-10-7-6-8-11-19/h6-16,35H,1-5H3,(H,29,37)(H,30,33). The van der Waals surface area contributed by atoms with Gasteiger partial charge in [-0.1, -0.05) is 30.3 Å². The van der Waals surface area contributed by atoms with Crippen LogP contribution in [0.4, 0.5) is 11.4 Å². The average molecular weight is 516 g/mol. The molecule has 8 nitrogen and oxygen atoms in total. The van der Waals surface area contributed by atoms with Gasteiger partial charge in [-0.3, -0.25) is 15.0 Å². The number of nitrogens with zero attached hydrogens (tertiary/aromatic N) is 2. The summed E-state index contributed by atoms with van der Waals surface area (Å²) < 4.78 is 5.36. The van der Waals surface area contributed by atoms with Gasteiger partial charge in [0, 0.05) is 28.1 Å². The fourth-order valence-electron chi connectivity index (χ4n) is 4.18. The number of thiocarbonyl (C=S) groups is 1. The second-order valence-corrected chi connectivity index (χ2v) is 10.1. The van der Waals surface area contributed by atoms with Gasteiger partial charge in [-0.2, -0.15) is 0 Å². The van der Waals surface area contributed by atoms with Gasteiger partial charge in [-0.15, -0.1) is 0 Å². The van der Waals surface area contributed by atoms with Crippen molar-refractivity contribution in [2.75, 3.05) is 17.2 Å². The molecule has 4 rings (SSSR count). The van der Waals surface area contributed by atoms with E-state index in [1.54, 1.807) is 55.2 Å². The molecule has 0 fully saturated rings. The Bertz CT molecular complexity index is 1360. The van der Waals surface area contributed by atoms with Gasteiger partial charge < -0.3 is 19.9 Å². The fraction of sp³-hybridized carbons (Fsp3) is 0.222. The maximum atomic E-state index is 13.5. The monoisotopic (exact) mass is 516 g/mol. The number of para-hydroxylation sites is 1. The van der Waals surface area contributed by atoms with Crippen LogP contribution in [0.15, 0.2) is 66.7 Å². The fourth-order valence-corrected chi connectivity index (χ4v) is 4.50. The number of methoxy groups -OCH3 is 1. The molecule has 1 aliphatic rings. The van der Waals surface area contributed by atoms with Crippen molar-refractivity contribution in [3.63, 3.8) is 0 Å². The molecule has 2 amide bonds. The molecule has 0 radical (unpaired) electrons. The molecule has 0 unspecified atom stereocenters. The number of fused-ring (bicyclic) bond motifs is 1. The zero-order valence-electron chi connectivity index (χ0n) is 21.4. The Morgan fingerprint density at radius 1 is 1.08 bits per heavy atom. The van der Waals surface area contributed by atoms with Gasteiger partial charge in [0.2, 0.25) is 0 Å². The Labute approximate surface area is 222 Å². The van der Waals surface area contributed by atoms with Crippen LogP contribution in [0, 0.1) is 6.92 Å². The van der Waals surface area contributed by atoms with E-state index >= 15 is 0 Å². The summed E-state index contributed by atoms with van der Waals surface area (Å²) in [6.07, 6.45) is 0. The number of nitrogens with one attached hydrogen (secondary N) is 2. The van der Waals surface area contributed by atoms with Crippen molar-refractivity contribution in [2.24, 2.45) is 0 Å². The largest absolute Gasteiger partial charge is 0.496 e. The Kier molecular flexibility index (Phi) is 7.24. The van der Waals surface area contributed by atoms with Crippen LogP contribution >= 0.6 is 12.2 Å². The molecule has 0 saturated carbocycles. The Morgan fingerprint density at radius 3 is 2.43 bits per heavy atom. The number of benzene rings is 3. The van der Waals surface area contributed by atoms with E-state index in [9.17, 15) is 14.6 Å². The van der Waals surface area contributed by atoms with E-state index in [0.29, 0.717) is 38.7 Å². The van der Waals surface area contributed by atoms with Gasteiger partial charge in [0.1, 0.15) is 5.75 Å². The van der Waals surface area contributed by atoms with Crippen molar-refractivity contribution in [3.8, 4) is 5.75 Å². The summed E-state index contributed by atoms with van der Waals surface area (Å²) in [6.45, 7) is 7.31. The third-order valence-electron chi connectivity index (χ3n) is 6.15. The first-order valence-corrected chi connectivity index (χ1v) is 12.2. The highest BCUT2D eigenvalue weighted by Gasteiger charge is 2.36. The van der Waals surface area contributed by atoms with E-state index in [2.05, 4.69) is 10.7 Å². The van der Waals surface area contributed by atoms with Crippen molar-refractivity contribution in [1.82, 2.24) is 10.4 Å². The lowest BCUT2D eigenvalue weighted by Gasteiger charge is -2.36. The highest BCUT2D eigenvalue weighted by molar-refractivity contribution is 7.81. The number of rotatable bonds is 4. The molecule has 3 aromatic carbocycles. The summed E-state index contributed by atoms with van der Waals surface area (Å²) in [5.41, 5.74) is 5.30. The van der Waals surface area contributed by atoms with Crippen LogP contribution in [0.2, 0.25) is 0 Å². The SMILES string of the molecule is COc1cccc(C(=O)N(NC(=O)c2ccc3c(c2)NC(=S)N(c2ccccc2)B3O)C(C)(C)C)c1C. The van der Waals surface area contributed by atoms with Gasteiger partial charge >= 0.3 is 7.05 Å². The molecule has 0 spiro atoms. The lowest BCUT2D eigenvalue weighted by molar-refractivity contribution is 0.0358. The van der Waals surface area contributed by atoms with E-state index < -0.39 is 18.5 Å². The summed E-state index contributed by atoms with van der Waals surface area (Å²) in [4.78, 5) is 28.4. The molecule has 1 heterocycles. The lowest BCUT2D eigenvalue weighted by atomic mass is 9.69. The Morgan fingerprint density at radius 2 is 1.78 bits per heavy atom. The van der Waals surface area contributed by atoms with Crippen LogP contribution in [-0.2, 0) is 0 Å². The highest BCUT2D eigenvalue weighted by Crippen LogP contribution is 2.25. The molecule has 37 heavy (non-hydrogen) atoms. The number of carbonyl (C=O) groups is 2. The molecular weight excluding hydrogens is 487 g/mol. The third-order valence-corrected chi connectivity index (χ3v) is 6.45. The first-order valence-electron chi connectivity index (χ1n) is 11.8. The number of ether oxygens (including phenoxy) is 1. The van der Waals surface area contributed by atoms with Gasteiger partial charge in [0.15, 0.2) is 5.11 Å². The minimum absolute atomic E-state index is 0.304. The molecule has 0 aromatic heterocycles. The van der Waals surface area contributed by atoms with E-state index in [0.717, 1.165) is 5.69 Å². The minimum Gasteiger partial charge on any atom is -0.496 e. The van der Waals surface area contributed by atoms with E-state index in [1.807, 2.05) is 51.1 Å². The number of hydrogen-bond acceptors (Lipinski definition) is 5. The summed E-state index contributed by atoms with van der Waals surface area (Å²) in [6, 6.07) is 19.4. The second-order valence-electron chi connectivity index (χ2n) is 9.70. The van der Waals surface area contributed by atoms with Gasteiger partial charge in [-0.25, -0.2) is 5.01 Å². The second kappa shape index (κ2) is 10.2. The molecule has 0 saturated heterocycles. The molecule has 3 N–H and O–H groups in total. The lowest BCUT2D eigenvalue weighted by Crippen LogP contribution is -2.58. The van der Waals surface area contributed by atoms with Crippen molar-refractivity contribution >= 4 is 53.0 Å². The molecule has 3 aromatic rings. The van der Waals surface area contributed by atoms with Crippen LogP contribution in [-0.4, -0.2) is 46.7 Å². The van der Waals surface area contributed by atoms with Crippen LogP contribution in [0.25, 0.3) is 0 Å². The number of hydrogen-bond donors (Lipinski definition) is 3. The number of hydrazine groups is 1. The maximum absolute atomic E-state index is 13.5. The zero-order valence-corrected chi connectivity index (χ0v) is 22.2. The minimum atomic E-state index is -1.02. The highest BCUT2D eigenvalue weighted by atomic mass is 32.1. The summed E-state index contributed by atoms with van der Waals surface area (Å²) in [5.74, 6) is -0.242. The first kappa shape index (κ1) is 26.2. The van der Waals surface area contributed by atoms with Crippen molar-refractivity contribution in [2.45, 2.75) is 33.2 Å². The number of anilines is 2. The molecule has 1 aliphatic heterocycles. The normalized spacial score (nSPS) is 13.0. The predicted molar refractivity (Wildman–Crippen MR) is 150 cm³/mol. The Balaban J connectivity index is 1.60. The summed E-state index contributed by atoms with van der Waals surface area (Å²) in [7, 11) is 0.526. The van der Waals surface area contributed by atoms with Crippen LogP contribution in [0.1, 0.15) is 47.1 Å². The van der Waals surface area contributed by atoms with Gasteiger partial charge in [-0.05, 0) is 81.8 Å². The Hall–Kier alpha value is -3.89. The van der Waals surface area contributed by atoms with Crippen molar-refractivity contribution < 1.29 is 19.3 Å². The zero-order chi connectivity index (χ0) is 26.9. The topological polar surface area (TPSA) is 94.1 Å². The number of amides is 2. The summed E-state index contributed by atoms with van der Waals surface area (Å²) >= 11 is 5.50. The smallest absolute Gasteiger partial charge is 0.457 e. The molecule has 10 heteroatoms. The first-order chi connectivity index (χ1) is 17.5. The van der Waals surface area contributed by atoms with Crippen LogP contribution in [0.5, 0.6) is 5.75 Å². The van der Waals surface area contributed by atoms with Crippen molar-refractivity contribution in [1.29, 1.82) is 0 Å². The molecule has 0 bridgehead atoms. The molecule has 190 valence electrons. The van der Waals surface area contributed by atoms with Crippen LogP contribution in [0.3, 0.4) is 0 Å². The number of carbonyl (C=O) groups excluding carboxylic acids is 2. The molecule has 0 aliphatic carbocycles. The quantitative estimate of drug-likeness (QED) is 0.278. The van der Waals surface area contributed by atoms with Crippen molar-refractivity contribution in [3.05, 3.63) is 83.4 Å². The van der Waals surface area contributed by atoms with Gasteiger partial charge in [0.25, 0.3) is 11.8 Å². The summed E-state index contributed by atoms with van der Waals surface area (Å²) in [5, 5.41) is 15.8. The predicted octanol–water partition coefficient (Wildman–Crippen LogP) is 3.49. The van der Waals surface area contributed by atoms with Gasteiger partial charge in [0.05, 0.1) is 12.6 Å². The van der Waals surface area contributed by atoms with E-state index in [1.165, 1.54) is 5.01 Å². The third kappa shape index (κ3) is 5.16. The van der Waals surface area contributed by atoms with E-state index in [4.69, 9.17) is 17.0 Å². The van der Waals surface area contributed by atoms with E-state index in [-0.39, 0.29) is 5.91 Å².